The topological polar surface area (TPSA) is 0 Å². The summed E-state index contributed by atoms with van der Waals surface area (Å²) < 4.78 is 0. The summed E-state index contributed by atoms with van der Waals surface area (Å²) >= 11 is 0. The molecule has 2 aromatic carbocycles. The zero-order valence-corrected chi connectivity index (χ0v) is 13.4. The van der Waals surface area contributed by atoms with E-state index >= 15 is 0 Å². The van der Waals surface area contributed by atoms with Gasteiger partial charge in [0.2, 0.25) is 0 Å². The molecule has 0 unspecified atom stereocenters. The molecular weight excluding hydrogens is 264 g/mol. The minimum Gasteiger partial charge on any atom is -0.0699 e. The van der Waals surface area contributed by atoms with Crippen molar-refractivity contribution in [3.05, 3.63) is 88.8 Å². The smallest absolute Gasteiger partial charge is 0.0393 e. The van der Waals surface area contributed by atoms with Crippen molar-refractivity contribution in [1.29, 1.82) is 0 Å². The van der Waals surface area contributed by atoms with Crippen LogP contribution < -0.4 is 0 Å². The van der Waals surface area contributed by atoms with E-state index in [4.69, 9.17) is 0 Å². The molecule has 1 aliphatic carbocycles. The van der Waals surface area contributed by atoms with Crippen LogP contribution in [-0.2, 0) is 0 Å². The molecule has 0 atom stereocenters. The molecule has 0 bridgehead atoms. The molecule has 0 nitrogen and oxygen atoms in total. The second-order valence-electron chi connectivity index (χ2n) is 6.57. The molecule has 2 aromatic rings. The Hall–Kier alpha value is -2.26. The number of rotatable bonds is 2. The molecule has 3 rings (SSSR count). The molecule has 1 saturated carbocycles. The number of hydrogen-bond acceptors (Lipinski definition) is 0. The summed E-state index contributed by atoms with van der Waals surface area (Å²) in [7, 11) is 0. The summed E-state index contributed by atoms with van der Waals surface area (Å²) in [5.41, 5.74) is 12.2. The molecule has 0 amide bonds. The van der Waals surface area contributed by atoms with E-state index in [1.54, 1.807) is 0 Å². The van der Waals surface area contributed by atoms with Gasteiger partial charge < -0.3 is 0 Å². The maximum Gasteiger partial charge on any atom is 0.0393 e. The molecule has 1 fully saturated rings. The fourth-order valence-corrected chi connectivity index (χ4v) is 3.09. The van der Waals surface area contributed by atoms with Gasteiger partial charge in [0.05, 0.1) is 0 Å². The third kappa shape index (κ3) is 3.15. The zero-order chi connectivity index (χ0) is 15.4. The fraction of sp³-hybridized carbons (Fsp3) is 0.273. The van der Waals surface area contributed by atoms with E-state index in [0.29, 0.717) is 0 Å². The molecule has 0 heterocycles. The van der Waals surface area contributed by atoms with Crippen molar-refractivity contribution in [3.63, 3.8) is 0 Å². The maximum atomic E-state index is 3.50. The van der Waals surface area contributed by atoms with Gasteiger partial charge in [-0.15, -0.1) is 0 Å². The average Bonchev–Trinajstić information content (AvgIpc) is 2.88. The van der Waals surface area contributed by atoms with Gasteiger partial charge in [-0.25, -0.2) is 0 Å². The van der Waals surface area contributed by atoms with Crippen molar-refractivity contribution in [2.75, 3.05) is 0 Å². The van der Waals surface area contributed by atoms with Crippen molar-refractivity contribution in [2.45, 2.75) is 33.1 Å². The monoisotopic (exact) mass is 286 g/mol. The van der Waals surface area contributed by atoms with Crippen LogP contribution in [0.1, 0.15) is 44.2 Å². The minimum atomic E-state index is 0.269. The molecule has 0 N–H and O–H groups in total. The molecule has 0 spiro atoms. The number of hydrogen-bond donors (Lipinski definition) is 0. The van der Waals surface area contributed by atoms with Crippen molar-refractivity contribution in [1.82, 2.24) is 0 Å². The van der Waals surface area contributed by atoms with Crippen LogP contribution in [0.15, 0.2) is 77.7 Å². The first kappa shape index (κ1) is 14.7. The quantitative estimate of drug-likeness (QED) is 0.593. The van der Waals surface area contributed by atoms with E-state index in [2.05, 4.69) is 73.8 Å². The number of allylic oxidation sites excluding steroid dienone is 1. The first-order valence-electron chi connectivity index (χ1n) is 8.03. The van der Waals surface area contributed by atoms with Crippen molar-refractivity contribution in [3.8, 4) is 0 Å². The van der Waals surface area contributed by atoms with Crippen LogP contribution in [0.2, 0.25) is 0 Å². The first-order valence-corrected chi connectivity index (χ1v) is 8.03. The second kappa shape index (κ2) is 6.24. The van der Waals surface area contributed by atoms with Crippen molar-refractivity contribution >= 4 is 5.57 Å². The summed E-state index contributed by atoms with van der Waals surface area (Å²) in [6.45, 7) is 4.63. The summed E-state index contributed by atoms with van der Waals surface area (Å²) in [5.74, 6) is 0. The highest BCUT2D eigenvalue weighted by atomic mass is 14.3. The zero-order valence-electron chi connectivity index (χ0n) is 13.4. The summed E-state index contributed by atoms with van der Waals surface area (Å²) in [4.78, 5) is 0. The Morgan fingerprint density at radius 1 is 0.864 bits per heavy atom. The lowest BCUT2D eigenvalue weighted by Gasteiger charge is -2.16. The van der Waals surface area contributed by atoms with Gasteiger partial charge in [-0.2, -0.15) is 0 Å². The van der Waals surface area contributed by atoms with E-state index in [9.17, 15) is 0 Å². The van der Waals surface area contributed by atoms with Crippen LogP contribution in [0.5, 0.6) is 0 Å². The summed E-state index contributed by atoms with van der Waals surface area (Å²) in [6, 6.07) is 21.0. The molecule has 110 valence electrons. The molecule has 0 aliphatic heterocycles. The highest BCUT2D eigenvalue weighted by Gasteiger charge is 2.28. The molecule has 0 saturated heterocycles. The standard InChI is InChI=1S/C22H22/c1-22(2)17-9-14-20(22)15-16-21(18-10-5-3-6-11-18)19-12-7-4-8-13-19/h3-8,10-13H,9,14,17H2,1-2H3. The Labute approximate surface area is 133 Å². The SMILES string of the molecule is CC1(C)CCCC1=C=C=C(c1ccccc1)c1ccccc1. The van der Waals surface area contributed by atoms with Gasteiger partial charge in [0.15, 0.2) is 0 Å². The molecule has 0 radical (unpaired) electrons. The lowest BCUT2D eigenvalue weighted by Crippen LogP contribution is -2.05. The summed E-state index contributed by atoms with van der Waals surface area (Å²) in [5, 5.41) is 0. The Balaban J connectivity index is 2.19. The van der Waals surface area contributed by atoms with E-state index < -0.39 is 0 Å². The van der Waals surface area contributed by atoms with Gasteiger partial charge in [-0.3, -0.25) is 0 Å². The first-order chi connectivity index (χ1) is 10.7. The lowest BCUT2D eigenvalue weighted by molar-refractivity contribution is 0.462. The van der Waals surface area contributed by atoms with E-state index in [1.807, 2.05) is 12.1 Å². The summed E-state index contributed by atoms with van der Waals surface area (Å²) in [6.07, 6.45) is 3.67. The third-order valence-electron chi connectivity index (χ3n) is 4.51. The van der Waals surface area contributed by atoms with Crippen LogP contribution in [-0.4, -0.2) is 0 Å². The van der Waals surface area contributed by atoms with Crippen molar-refractivity contribution < 1.29 is 0 Å². The Morgan fingerprint density at radius 3 is 1.86 bits per heavy atom. The average molecular weight is 286 g/mol. The van der Waals surface area contributed by atoms with Crippen LogP contribution >= 0.6 is 0 Å². The van der Waals surface area contributed by atoms with Gasteiger partial charge in [0.1, 0.15) is 0 Å². The predicted molar refractivity (Wildman–Crippen MR) is 93.6 cm³/mol. The largest absolute Gasteiger partial charge is 0.0699 e. The molecule has 0 aromatic heterocycles. The van der Waals surface area contributed by atoms with Crippen LogP contribution in [0, 0.1) is 5.41 Å². The molecule has 22 heavy (non-hydrogen) atoms. The van der Waals surface area contributed by atoms with E-state index in [0.717, 1.165) is 12.0 Å². The Kier molecular flexibility index (Phi) is 4.16. The van der Waals surface area contributed by atoms with E-state index in [-0.39, 0.29) is 5.41 Å². The third-order valence-corrected chi connectivity index (χ3v) is 4.51. The van der Waals surface area contributed by atoms with Gasteiger partial charge in [0, 0.05) is 5.57 Å². The van der Waals surface area contributed by atoms with Gasteiger partial charge in [-0.1, -0.05) is 86.0 Å². The molecule has 1 aliphatic rings. The van der Waals surface area contributed by atoms with Gasteiger partial charge in [-0.05, 0) is 41.4 Å². The molecule has 0 heteroatoms. The minimum absolute atomic E-state index is 0.269. The maximum absolute atomic E-state index is 3.50. The predicted octanol–water partition coefficient (Wildman–Crippen LogP) is 6.01. The van der Waals surface area contributed by atoms with Crippen molar-refractivity contribution in [2.24, 2.45) is 5.41 Å². The van der Waals surface area contributed by atoms with Gasteiger partial charge >= 0.3 is 0 Å². The lowest BCUT2D eigenvalue weighted by atomic mass is 9.87. The highest BCUT2D eigenvalue weighted by molar-refractivity contribution is 5.79. The van der Waals surface area contributed by atoms with Crippen LogP contribution in [0.25, 0.3) is 5.57 Å². The molecular formula is C22H22. The Morgan fingerprint density at radius 2 is 1.41 bits per heavy atom. The van der Waals surface area contributed by atoms with Gasteiger partial charge in [0.25, 0.3) is 0 Å². The normalized spacial score (nSPS) is 16.0. The van der Waals surface area contributed by atoms with Crippen LogP contribution in [0.4, 0.5) is 0 Å². The van der Waals surface area contributed by atoms with E-state index in [1.165, 1.54) is 29.5 Å². The fourth-order valence-electron chi connectivity index (χ4n) is 3.09. The highest BCUT2D eigenvalue weighted by Crippen LogP contribution is 2.41. The second-order valence-corrected chi connectivity index (χ2v) is 6.57. The Bertz CT molecular complexity index is 694. The number of benzene rings is 2. The van der Waals surface area contributed by atoms with Crippen LogP contribution in [0.3, 0.4) is 0 Å².